The first-order valence-electron chi connectivity index (χ1n) is 7.03. The van der Waals surface area contributed by atoms with Gasteiger partial charge in [0.2, 0.25) is 10.0 Å². The number of primary sulfonamides is 1. The first kappa shape index (κ1) is 16.2. The number of aryl methyl sites for hydroxylation is 1. The van der Waals surface area contributed by atoms with E-state index >= 15 is 0 Å². The summed E-state index contributed by atoms with van der Waals surface area (Å²) in [5.74, 6) is 0.675. The zero-order valence-corrected chi connectivity index (χ0v) is 13.4. The summed E-state index contributed by atoms with van der Waals surface area (Å²) >= 11 is 0. The fourth-order valence-electron chi connectivity index (χ4n) is 2.39. The lowest BCUT2D eigenvalue weighted by molar-refractivity contribution is 0.133. The molecule has 0 amide bonds. The molecule has 0 atom stereocenters. The van der Waals surface area contributed by atoms with E-state index in [-0.39, 0.29) is 4.90 Å². The van der Waals surface area contributed by atoms with E-state index in [1.807, 2.05) is 0 Å². The van der Waals surface area contributed by atoms with Crippen LogP contribution in [0.1, 0.15) is 5.56 Å². The van der Waals surface area contributed by atoms with E-state index in [0.29, 0.717) is 17.9 Å². The minimum absolute atomic E-state index is 0.147. The van der Waals surface area contributed by atoms with Crippen molar-refractivity contribution in [3.05, 3.63) is 23.8 Å². The number of rotatable bonds is 5. The maximum Gasteiger partial charge on any atom is 0.238 e. The van der Waals surface area contributed by atoms with Gasteiger partial charge in [0.05, 0.1) is 4.90 Å². The number of sulfonamides is 1. The van der Waals surface area contributed by atoms with Crippen LogP contribution in [0.4, 0.5) is 0 Å². The Morgan fingerprint density at radius 1 is 1.24 bits per heavy atom. The number of hydrogen-bond acceptors (Lipinski definition) is 5. The van der Waals surface area contributed by atoms with Crippen molar-refractivity contribution in [2.75, 3.05) is 46.4 Å². The Labute approximate surface area is 126 Å². The summed E-state index contributed by atoms with van der Waals surface area (Å²) in [6, 6.07) is 4.86. The van der Waals surface area contributed by atoms with Gasteiger partial charge in [0.1, 0.15) is 12.4 Å². The molecule has 0 radical (unpaired) electrons. The molecule has 0 unspecified atom stereocenters. The molecule has 21 heavy (non-hydrogen) atoms. The Bertz CT molecular complexity index is 581. The zero-order valence-electron chi connectivity index (χ0n) is 12.6. The van der Waals surface area contributed by atoms with Gasteiger partial charge in [-0.15, -0.1) is 0 Å². The highest BCUT2D eigenvalue weighted by atomic mass is 32.2. The van der Waals surface area contributed by atoms with Crippen LogP contribution in [0.3, 0.4) is 0 Å². The summed E-state index contributed by atoms with van der Waals surface area (Å²) in [4.78, 5) is 4.83. The number of nitrogens with two attached hydrogens (primary N) is 1. The van der Waals surface area contributed by atoms with Crippen LogP contribution in [0.25, 0.3) is 0 Å². The van der Waals surface area contributed by atoms with Gasteiger partial charge in [-0.25, -0.2) is 13.6 Å². The van der Waals surface area contributed by atoms with E-state index in [1.54, 1.807) is 19.1 Å². The molecule has 1 saturated heterocycles. The predicted octanol–water partition coefficient (Wildman–Crippen LogP) is 0.269. The van der Waals surface area contributed by atoms with Crippen LogP contribution in [0.15, 0.2) is 23.1 Å². The first-order valence-corrected chi connectivity index (χ1v) is 8.58. The third-order valence-corrected chi connectivity index (χ3v) is 4.80. The van der Waals surface area contributed by atoms with E-state index in [9.17, 15) is 8.42 Å². The molecule has 7 heteroatoms. The molecule has 0 aliphatic carbocycles. The second-order valence-corrected chi connectivity index (χ2v) is 7.00. The van der Waals surface area contributed by atoms with Gasteiger partial charge in [0.25, 0.3) is 0 Å². The monoisotopic (exact) mass is 313 g/mol. The summed E-state index contributed by atoms with van der Waals surface area (Å²) in [6.45, 7) is 7.48. The first-order chi connectivity index (χ1) is 9.86. The highest BCUT2D eigenvalue weighted by Gasteiger charge is 2.14. The number of benzene rings is 1. The molecule has 0 bridgehead atoms. The number of hydrogen-bond donors (Lipinski definition) is 1. The Morgan fingerprint density at radius 2 is 1.90 bits per heavy atom. The molecule has 2 N–H and O–H groups in total. The normalized spacial score (nSPS) is 17.9. The molecule has 0 spiro atoms. The van der Waals surface area contributed by atoms with Gasteiger partial charge < -0.3 is 9.64 Å². The van der Waals surface area contributed by atoms with Crippen LogP contribution in [-0.4, -0.2) is 64.6 Å². The number of nitrogens with zero attached hydrogens (tertiary/aromatic N) is 2. The van der Waals surface area contributed by atoms with E-state index < -0.39 is 10.0 Å². The third-order valence-electron chi connectivity index (χ3n) is 3.73. The fourth-order valence-corrected chi connectivity index (χ4v) is 3.16. The molecular formula is C14H23N3O3S. The third kappa shape index (κ3) is 4.67. The van der Waals surface area contributed by atoms with E-state index in [2.05, 4.69) is 16.8 Å². The molecule has 1 aliphatic rings. The van der Waals surface area contributed by atoms with Crippen molar-refractivity contribution in [2.45, 2.75) is 11.8 Å². The van der Waals surface area contributed by atoms with Crippen LogP contribution in [0.2, 0.25) is 0 Å². The fraction of sp³-hybridized carbons (Fsp3) is 0.571. The lowest BCUT2D eigenvalue weighted by Gasteiger charge is -2.32. The van der Waals surface area contributed by atoms with Crippen molar-refractivity contribution in [3.8, 4) is 5.75 Å². The molecule has 118 valence electrons. The second kappa shape index (κ2) is 6.74. The molecule has 6 nitrogen and oxygen atoms in total. The van der Waals surface area contributed by atoms with Crippen molar-refractivity contribution in [1.29, 1.82) is 0 Å². The van der Waals surface area contributed by atoms with Crippen molar-refractivity contribution in [3.63, 3.8) is 0 Å². The highest BCUT2D eigenvalue weighted by molar-refractivity contribution is 7.89. The van der Waals surface area contributed by atoms with Crippen LogP contribution in [0, 0.1) is 6.92 Å². The maximum atomic E-state index is 11.3. The van der Waals surface area contributed by atoms with Crippen molar-refractivity contribution < 1.29 is 13.2 Å². The van der Waals surface area contributed by atoms with Gasteiger partial charge in [-0.3, -0.25) is 4.90 Å². The Kier molecular flexibility index (Phi) is 5.21. The molecule has 0 saturated carbocycles. The predicted molar refractivity (Wildman–Crippen MR) is 82.0 cm³/mol. The van der Waals surface area contributed by atoms with Gasteiger partial charge in [0.15, 0.2) is 0 Å². The molecule has 0 aromatic heterocycles. The molecule has 2 rings (SSSR count). The van der Waals surface area contributed by atoms with E-state index in [0.717, 1.165) is 32.7 Å². The Morgan fingerprint density at radius 3 is 2.48 bits per heavy atom. The standard InChI is InChI=1S/C14H23N3O3S/c1-12-11-13(3-4-14(12)21(15,18)19)20-10-9-17-7-5-16(2)6-8-17/h3-4,11H,5-10H2,1-2H3,(H2,15,18,19). The minimum atomic E-state index is -3.66. The summed E-state index contributed by atoms with van der Waals surface area (Å²) in [7, 11) is -1.53. The molecule has 1 aromatic rings. The van der Waals surface area contributed by atoms with Gasteiger partial charge in [-0.1, -0.05) is 0 Å². The van der Waals surface area contributed by atoms with E-state index in [4.69, 9.17) is 9.88 Å². The van der Waals surface area contributed by atoms with Gasteiger partial charge in [0, 0.05) is 32.7 Å². The van der Waals surface area contributed by atoms with Crippen molar-refractivity contribution in [1.82, 2.24) is 9.80 Å². The van der Waals surface area contributed by atoms with Crippen LogP contribution in [-0.2, 0) is 10.0 Å². The van der Waals surface area contributed by atoms with E-state index in [1.165, 1.54) is 6.07 Å². The number of likely N-dealkylation sites (N-methyl/N-ethyl adjacent to an activating group) is 1. The topological polar surface area (TPSA) is 75.9 Å². The average molecular weight is 313 g/mol. The SMILES string of the molecule is Cc1cc(OCCN2CCN(C)CC2)ccc1S(N)(=O)=O. The molecular weight excluding hydrogens is 290 g/mol. The van der Waals surface area contributed by atoms with Crippen molar-refractivity contribution >= 4 is 10.0 Å². The highest BCUT2D eigenvalue weighted by Crippen LogP contribution is 2.20. The van der Waals surface area contributed by atoms with Crippen molar-refractivity contribution in [2.24, 2.45) is 5.14 Å². The lowest BCUT2D eigenvalue weighted by atomic mass is 10.2. The van der Waals surface area contributed by atoms with Crippen LogP contribution in [0.5, 0.6) is 5.75 Å². The Hall–Kier alpha value is -1.15. The zero-order chi connectivity index (χ0) is 15.5. The summed E-state index contributed by atoms with van der Waals surface area (Å²) < 4.78 is 28.4. The molecule has 1 aromatic carbocycles. The number of ether oxygens (including phenoxy) is 1. The van der Waals surface area contributed by atoms with Gasteiger partial charge >= 0.3 is 0 Å². The smallest absolute Gasteiger partial charge is 0.238 e. The second-order valence-electron chi connectivity index (χ2n) is 5.47. The Balaban J connectivity index is 1.85. The van der Waals surface area contributed by atoms with Crippen LogP contribution >= 0.6 is 0 Å². The molecule has 1 aliphatic heterocycles. The van der Waals surface area contributed by atoms with Gasteiger partial charge in [-0.2, -0.15) is 0 Å². The maximum absolute atomic E-state index is 11.3. The largest absolute Gasteiger partial charge is 0.492 e. The van der Waals surface area contributed by atoms with Crippen LogP contribution < -0.4 is 9.88 Å². The molecule has 1 heterocycles. The lowest BCUT2D eigenvalue weighted by Crippen LogP contribution is -2.45. The quantitative estimate of drug-likeness (QED) is 0.844. The summed E-state index contributed by atoms with van der Waals surface area (Å²) in [6.07, 6.45) is 0. The summed E-state index contributed by atoms with van der Waals surface area (Å²) in [5, 5.41) is 5.14. The average Bonchev–Trinajstić information content (AvgIpc) is 2.40. The number of piperazine rings is 1. The molecule has 1 fully saturated rings. The summed E-state index contributed by atoms with van der Waals surface area (Å²) in [5.41, 5.74) is 0.606. The minimum Gasteiger partial charge on any atom is -0.492 e. The van der Waals surface area contributed by atoms with Gasteiger partial charge in [-0.05, 0) is 37.7 Å².